The van der Waals surface area contributed by atoms with Gasteiger partial charge in [0.2, 0.25) is 0 Å². The minimum absolute atomic E-state index is 0.0735. The Hall–Kier alpha value is -2.90. The lowest BCUT2D eigenvalue weighted by molar-refractivity contribution is 0.0724. The van der Waals surface area contributed by atoms with Crippen molar-refractivity contribution in [1.29, 1.82) is 0 Å². The average Bonchev–Trinajstić information content (AvgIpc) is 3.25. The average molecular weight is 530 g/mol. The Kier molecular flexibility index (Phi) is 7.39. The zero-order valence-electron chi connectivity index (χ0n) is 22.0. The van der Waals surface area contributed by atoms with Gasteiger partial charge in [0.15, 0.2) is 5.78 Å². The molecule has 6 nitrogen and oxygen atoms in total. The van der Waals surface area contributed by atoms with Crippen molar-refractivity contribution in [3.63, 3.8) is 0 Å². The molecule has 2 fully saturated rings. The van der Waals surface area contributed by atoms with E-state index in [0.29, 0.717) is 35.3 Å². The molecular weight excluding hydrogens is 494 g/mol. The third-order valence-corrected chi connectivity index (χ3v) is 9.45. The highest BCUT2D eigenvalue weighted by atomic mass is 32.2. The van der Waals surface area contributed by atoms with Crippen molar-refractivity contribution < 1.29 is 14.3 Å². The fourth-order valence-corrected chi connectivity index (χ4v) is 7.10. The van der Waals surface area contributed by atoms with Crippen molar-refractivity contribution in [2.24, 2.45) is 11.8 Å². The number of aromatic nitrogens is 2. The van der Waals surface area contributed by atoms with E-state index in [1.54, 1.807) is 11.8 Å². The van der Waals surface area contributed by atoms with Gasteiger partial charge in [-0.05, 0) is 68.2 Å². The first-order valence-corrected chi connectivity index (χ1v) is 14.9. The molecule has 0 saturated carbocycles. The SMILES string of the molecule is CC1CCOCCC1CC(=O)c1nn(-c2cccc(C(=O)N3CCCCC3)c2)c2c1CSc1ccccc1-2. The molecule has 1 amide bonds. The van der Waals surface area contributed by atoms with Crippen LogP contribution in [0.15, 0.2) is 53.4 Å². The van der Waals surface area contributed by atoms with Crippen LogP contribution in [0.5, 0.6) is 0 Å². The molecule has 1 aromatic heterocycles. The molecule has 0 radical (unpaired) electrons. The summed E-state index contributed by atoms with van der Waals surface area (Å²) in [7, 11) is 0. The molecule has 3 aromatic rings. The number of carbonyl (C=O) groups is 2. The van der Waals surface area contributed by atoms with E-state index in [4.69, 9.17) is 9.84 Å². The van der Waals surface area contributed by atoms with Crippen LogP contribution >= 0.6 is 11.8 Å². The third-order valence-electron chi connectivity index (χ3n) is 8.35. The smallest absolute Gasteiger partial charge is 0.253 e. The minimum Gasteiger partial charge on any atom is -0.381 e. The fourth-order valence-electron chi connectivity index (χ4n) is 6.03. The van der Waals surface area contributed by atoms with E-state index in [0.717, 1.165) is 74.5 Å². The number of carbonyl (C=O) groups excluding carboxylic acids is 2. The Morgan fingerprint density at radius 1 is 1.03 bits per heavy atom. The van der Waals surface area contributed by atoms with Crippen molar-refractivity contribution in [2.45, 2.75) is 56.1 Å². The first-order chi connectivity index (χ1) is 18.6. The summed E-state index contributed by atoms with van der Waals surface area (Å²) in [6, 6.07) is 16.1. The van der Waals surface area contributed by atoms with Gasteiger partial charge >= 0.3 is 0 Å². The second-order valence-electron chi connectivity index (χ2n) is 10.8. The molecule has 38 heavy (non-hydrogen) atoms. The maximum atomic E-state index is 13.8. The van der Waals surface area contributed by atoms with Crippen LogP contribution in [0.3, 0.4) is 0 Å². The number of ketones is 1. The van der Waals surface area contributed by atoms with Gasteiger partial charge in [-0.2, -0.15) is 5.10 Å². The van der Waals surface area contributed by atoms with Gasteiger partial charge in [-0.3, -0.25) is 9.59 Å². The van der Waals surface area contributed by atoms with E-state index in [1.807, 2.05) is 39.9 Å². The first-order valence-electron chi connectivity index (χ1n) is 13.9. The second-order valence-corrected chi connectivity index (χ2v) is 11.8. The summed E-state index contributed by atoms with van der Waals surface area (Å²) in [6.45, 7) is 5.35. The van der Waals surface area contributed by atoms with Gasteiger partial charge in [-0.15, -0.1) is 11.8 Å². The zero-order valence-corrected chi connectivity index (χ0v) is 22.8. The summed E-state index contributed by atoms with van der Waals surface area (Å²) in [5.41, 5.74) is 5.14. The topological polar surface area (TPSA) is 64.4 Å². The Morgan fingerprint density at radius 2 is 1.84 bits per heavy atom. The molecule has 2 saturated heterocycles. The Balaban J connectivity index is 1.39. The number of amides is 1. The molecule has 6 rings (SSSR count). The van der Waals surface area contributed by atoms with Crippen LogP contribution in [-0.2, 0) is 10.5 Å². The number of piperidine rings is 1. The number of Topliss-reactive ketones (excluding diaryl/α,β-unsaturated/α-hetero) is 1. The molecule has 3 aliphatic heterocycles. The molecule has 0 N–H and O–H groups in total. The largest absolute Gasteiger partial charge is 0.381 e. The van der Waals surface area contributed by atoms with Crippen LogP contribution in [-0.4, -0.2) is 52.7 Å². The molecular formula is C31H35N3O3S. The van der Waals surface area contributed by atoms with E-state index in [9.17, 15) is 9.59 Å². The summed E-state index contributed by atoms with van der Waals surface area (Å²) in [5, 5.41) is 4.99. The van der Waals surface area contributed by atoms with Crippen molar-refractivity contribution in [3.05, 3.63) is 65.4 Å². The number of hydrogen-bond acceptors (Lipinski definition) is 5. The summed E-state index contributed by atoms with van der Waals surface area (Å²) in [6.07, 6.45) is 5.70. The van der Waals surface area contributed by atoms with Gasteiger partial charge in [0.1, 0.15) is 5.69 Å². The highest BCUT2D eigenvalue weighted by Crippen LogP contribution is 2.44. The molecule has 0 bridgehead atoms. The zero-order chi connectivity index (χ0) is 26.1. The number of thioether (sulfide) groups is 1. The van der Waals surface area contributed by atoms with E-state index < -0.39 is 0 Å². The van der Waals surface area contributed by atoms with Crippen LogP contribution in [0.1, 0.15) is 71.9 Å². The molecule has 0 aliphatic carbocycles. The van der Waals surface area contributed by atoms with Gasteiger partial charge in [0, 0.05) is 60.1 Å². The van der Waals surface area contributed by atoms with Crippen LogP contribution in [0, 0.1) is 11.8 Å². The Morgan fingerprint density at radius 3 is 2.71 bits per heavy atom. The van der Waals surface area contributed by atoms with Gasteiger partial charge < -0.3 is 9.64 Å². The lowest BCUT2D eigenvalue weighted by atomic mass is 9.84. The molecule has 7 heteroatoms. The first kappa shape index (κ1) is 25.4. The molecule has 0 spiro atoms. The van der Waals surface area contributed by atoms with Crippen molar-refractivity contribution in [3.8, 4) is 16.9 Å². The van der Waals surface area contributed by atoms with Gasteiger partial charge in [0.05, 0.1) is 11.4 Å². The lowest BCUT2D eigenvalue weighted by Crippen LogP contribution is -2.35. The Labute approximate surface area is 228 Å². The van der Waals surface area contributed by atoms with E-state index >= 15 is 0 Å². The van der Waals surface area contributed by atoms with Crippen LogP contribution < -0.4 is 0 Å². The molecule has 198 valence electrons. The highest BCUT2D eigenvalue weighted by Gasteiger charge is 2.32. The fraction of sp³-hybridized carbons (Fsp3) is 0.452. The number of nitrogens with zero attached hydrogens (tertiary/aromatic N) is 3. The number of fused-ring (bicyclic) bond motifs is 3. The molecule has 2 unspecified atom stereocenters. The number of benzene rings is 2. The van der Waals surface area contributed by atoms with E-state index in [1.165, 1.54) is 11.3 Å². The maximum absolute atomic E-state index is 13.8. The van der Waals surface area contributed by atoms with Crippen molar-refractivity contribution in [2.75, 3.05) is 26.3 Å². The van der Waals surface area contributed by atoms with Crippen molar-refractivity contribution in [1.82, 2.24) is 14.7 Å². The monoisotopic (exact) mass is 529 g/mol. The number of likely N-dealkylation sites (tertiary alicyclic amines) is 1. The summed E-state index contributed by atoms with van der Waals surface area (Å²) in [4.78, 5) is 30.2. The van der Waals surface area contributed by atoms with E-state index in [-0.39, 0.29) is 11.7 Å². The molecule has 4 heterocycles. The van der Waals surface area contributed by atoms with Gasteiger partial charge in [0.25, 0.3) is 5.91 Å². The summed E-state index contributed by atoms with van der Waals surface area (Å²) in [5.74, 6) is 1.65. The van der Waals surface area contributed by atoms with Crippen LogP contribution in [0.25, 0.3) is 16.9 Å². The van der Waals surface area contributed by atoms with Gasteiger partial charge in [-0.1, -0.05) is 31.2 Å². The predicted octanol–water partition coefficient (Wildman–Crippen LogP) is 6.41. The van der Waals surface area contributed by atoms with Crippen LogP contribution in [0.2, 0.25) is 0 Å². The summed E-state index contributed by atoms with van der Waals surface area (Å²) < 4.78 is 7.59. The maximum Gasteiger partial charge on any atom is 0.253 e. The van der Waals surface area contributed by atoms with Crippen molar-refractivity contribution >= 4 is 23.5 Å². The Bertz CT molecular complexity index is 1340. The second kappa shape index (κ2) is 11.1. The standard InChI is InChI=1S/C31H35N3O3S/c1-21-12-16-37-17-13-22(21)19-27(35)29-26-20-38-28-11-4-3-10-25(28)30(26)34(32-29)24-9-7-8-23(18-24)31(36)33-14-5-2-6-15-33/h3-4,7-11,18,21-22H,2,5-6,12-17,19-20H2,1H3. The number of rotatable bonds is 5. The van der Waals surface area contributed by atoms with E-state index in [2.05, 4.69) is 25.1 Å². The lowest BCUT2D eigenvalue weighted by Gasteiger charge is -2.27. The normalized spacial score (nSPS) is 21.3. The van der Waals surface area contributed by atoms with Crippen LogP contribution in [0.4, 0.5) is 0 Å². The number of ether oxygens (including phenoxy) is 1. The molecule has 2 atom stereocenters. The van der Waals surface area contributed by atoms with Gasteiger partial charge in [-0.25, -0.2) is 4.68 Å². The molecule has 2 aromatic carbocycles. The molecule has 3 aliphatic rings. The third kappa shape index (κ3) is 4.94. The summed E-state index contributed by atoms with van der Waals surface area (Å²) >= 11 is 1.76. The predicted molar refractivity (Wildman–Crippen MR) is 150 cm³/mol. The quantitative estimate of drug-likeness (QED) is 0.358. The number of hydrogen-bond donors (Lipinski definition) is 0. The minimum atomic E-state index is 0.0735. The highest BCUT2D eigenvalue weighted by molar-refractivity contribution is 7.98.